The molecule has 1 aromatic carbocycles. The highest BCUT2D eigenvalue weighted by molar-refractivity contribution is 5.16. The van der Waals surface area contributed by atoms with E-state index in [1.807, 2.05) is 12.1 Å². The first-order valence-corrected chi connectivity index (χ1v) is 8.45. The number of likely N-dealkylation sites (tertiary alicyclic amines) is 1. The summed E-state index contributed by atoms with van der Waals surface area (Å²) in [5.74, 6) is -0.172. The third-order valence-corrected chi connectivity index (χ3v) is 4.97. The van der Waals surface area contributed by atoms with Gasteiger partial charge >= 0.3 is 0 Å². The van der Waals surface area contributed by atoms with Crippen molar-refractivity contribution in [1.82, 2.24) is 9.80 Å². The van der Waals surface area contributed by atoms with Gasteiger partial charge in [-0.15, -0.1) is 0 Å². The van der Waals surface area contributed by atoms with Crippen LogP contribution in [0.25, 0.3) is 0 Å². The van der Waals surface area contributed by atoms with Gasteiger partial charge < -0.3 is 14.4 Å². The van der Waals surface area contributed by atoms with E-state index in [2.05, 4.69) is 9.80 Å². The first kappa shape index (κ1) is 16.8. The van der Waals surface area contributed by atoms with E-state index in [0.29, 0.717) is 0 Å². The molecule has 0 N–H and O–H groups in total. The minimum atomic E-state index is -0.172. The highest BCUT2D eigenvalue weighted by Gasteiger charge is 2.40. The maximum atomic E-state index is 13.1. The largest absolute Gasteiger partial charge is 0.383 e. The van der Waals surface area contributed by atoms with Crippen molar-refractivity contribution in [3.05, 3.63) is 35.6 Å². The summed E-state index contributed by atoms with van der Waals surface area (Å²) in [4.78, 5) is 4.94. The van der Waals surface area contributed by atoms with E-state index in [4.69, 9.17) is 9.47 Å². The molecule has 2 saturated heterocycles. The molecule has 1 aromatic rings. The van der Waals surface area contributed by atoms with Gasteiger partial charge in [-0.05, 0) is 30.7 Å². The molecule has 2 fully saturated rings. The predicted molar refractivity (Wildman–Crippen MR) is 87.9 cm³/mol. The highest BCUT2D eigenvalue weighted by atomic mass is 19.1. The van der Waals surface area contributed by atoms with Gasteiger partial charge in [-0.2, -0.15) is 0 Å². The van der Waals surface area contributed by atoms with Gasteiger partial charge in [-0.1, -0.05) is 12.1 Å². The highest BCUT2D eigenvalue weighted by Crippen LogP contribution is 2.33. The molecule has 23 heavy (non-hydrogen) atoms. The molecule has 2 aliphatic heterocycles. The van der Waals surface area contributed by atoms with Gasteiger partial charge in [0.2, 0.25) is 0 Å². The molecule has 5 heteroatoms. The van der Waals surface area contributed by atoms with Crippen LogP contribution in [0.4, 0.5) is 4.39 Å². The predicted octanol–water partition coefficient (Wildman–Crippen LogP) is 2.00. The molecule has 0 bridgehead atoms. The summed E-state index contributed by atoms with van der Waals surface area (Å²) < 4.78 is 24.2. The zero-order valence-electron chi connectivity index (χ0n) is 14.0. The summed E-state index contributed by atoms with van der Waals surface area (Å²) >= 11 is 0. The van der Waals surface area contributed by atoms with E-state index in [1.54, 1.807) is 19.2 Å². The number of halogens is 1. The van der Waals surface area contributed by atoms with E-state index in [-0.39, 0.29) is 11.2 Å². The average molecular weight is 322 g/mol. The number of nitrogens with zero attached hydrogens (tertiary/aromatic N) is 2. The summed E-state index contributed by atoms with van der Waals surface area (Å²) in [6.45, 7) is 8.46. The topological polar surface area (TPSA) is 24.9 Å². The van der Waals surface area contributed by atoms with Gasteiger partial charge in [0.1, 0.15) is 5.82 Å². The van der Waals surface area contributed by atoms with Gasteiger partial charge in [-0.25, -0.2) is 4.39 Å². The van der Waals surface area contributed by atoms with Crippen molar-refractivity contribution in [2.75, 3.05) is 59.7 Å². The molecule has 0 aliphatic carbocycles. The van der Waals surface area contributed by atoms with Crippen molar-refractivity contribution < 1.29 is 13.9 Å². The SMILES string of the molecule is COCCN1CCC2(COCCN(Cc3ccc(F)cc3)C2)C1. The second-order valence-corrected chi connectivity index (χ2v) is 6.91. The first-order valence-electron chi connectivity index (χ1n) is 8.45. The fraction of sp³-hybridized carbons (Fsp3) is 0.667. The third-order valence-electron chi connectivity index (χ3n) is 4.97. The van der Waals surface area contributed by atoms with Crippen LogP contribution in [0.3, 0.4) is 0 Å². The molecule has 2 heterocycles. The second-order valence-electron chi connectivity index (χ2n) is 6.91. The minimum absolute atomic E-state index is 0.172. The molecule has 3 rings (SSSR count). The van der Waals surface area contributed by atoms with Crippen molar-refractivity contribution in [1.29, 1.82) is 0 Å². The Kier molecular flexibility index (Phi) is 5.64. The smallest absolute Gasteiger partial charge is 0.123 e. The fourth-order valence-corrected chi connectivity index (χ4v) is 3.75. The van der Waals surface area contributed by atoms with Crippen LogP contribution >= 0.6 is 0 Å². The molecular formula is C18H27FN2O2. The molecule has 2 aliphatic rings. The molecule has 0 saturated carbocycles. The van der Waals surface area contributed by atoms with Crippen molar-refractivity contribution >= 4 is 0 Å². The lowest BCUT2D eigenvalue weighted by Crippen LogP contribution is -2.40. The van der Waals surface area contributed by atoms with Gasteiger partial charge in [-0.3, -0.25) is 4.90 Å². The number of rotatable bonds is 5. The molecule has 0 aromatic heterocycles. The standard InChI is InChI=1S/C18H27FN2O2/c1-22-10-8-20-7-6-18(13-20)14-21(9-11-23-15-18)12-16-2-4-17(19)5-3-16/h2-5H,6-15H2,1H3. The Bertz CT molecular complexity index is 496. The normalized spacial score (nSPS) is 26.7. The Morgan fingerprint density at radius 1 is 1.17 bits per heavy atom. The van der Waals surface area contributed by atoms with Crippen LogP contribution in [0.15, 0.2) is 24.3 Å². The van der Waals surface area contributed by atoms with Gasteiger partial charge in [0.15, 0.2) is 0 Å². The number of benzene rings is 1. The number of ether oxygens (including phenoxy) is 2. The molecule has 4 nitrogen and oxygen atoms in total. The minimum Gasteiger partial charge on any atom is -0.383 e. The van der Waals surface area contributed by atoms with E-state index in [0.717, 1.165) is 64.7 Å². The Hall–Kier alpha value is -1.01. The summed E-state index contributed by atoms with van der Waals surface area (Å²) in [7, 11) is 1.75. The van der Waals surface area contributed by atoms with Crippen LogP contribution < -0.4 is 0 Å². The first-order chi connectivity index (χ1) is 11.2. The van der Waals surface area contributed by atoms with Crippen LogP contribution in [-0.2, 0) is 16.0 Å². The second kappa shape index (κ2) is 7.71. The Balaban J connectivity index is 1.61. The number of hydrogen-bond acceptors (Lipinski definition) is 4. The van der Waals surface area contributed by atoms with Crippen molar-refractivity contribution in [3.8, 4) is 0 Å². The molecule has 0 radical (unpaired) electrons. The van der Waals surface area contributed by atoms with Crippen molar-refractivity contribution in [2.24, 2.45) is 5.41 Å². The third kappa shape index (κ3) is 4.51. The lowest BCUT2D eigenvalue weighted by atomic mass is 9.87. The van der Waals surface area contributed by atoms with Gasteiger partial charge in [0.05, 0.1) is 19.8 Å². The Morgan fingerprint density at radius 2 is 1.96 bits per heavy atom. The number of methoxy groups -OCH3 is 1. The van der Waals surface area contributed by atoms with E-state index < -0.39 is 0 Å². The van der Waals surface area contributed by atoms with E-state index in [1.165, 1.54) is 6.42 Å². The zero-order chi connectivity index (χ0) is 16.1. The molecular weight excluding hydrogens is 295 g/mol. The molecule has 0 amide bonds. The van der Waals surface area contributed by atoms with E-state index >= 15 is 0 Å². The maximum Gasteiger partial charge on any atom is 0.123 e. The summed E-state index contributed by atoms with van der Waals surface area (Å²) in [6, 6.07) is 6.85. The quantitative estimate of drug-likeness (QED) is 0.828. The van der Waals surface area contributed by atoms with Crippen molar-refractivity contribution in [2.45, 2.75) is 13.0 Å². The molecule has 1 spiro atoms. The van der Waals surface area contributed by atoms with Gasteiger partial charge in [0.25, 0.3) is 0 Å². The number of hydrogen-bond donors (Lipinski definition) is 0. The van der Waals surface area contributed by atoms with Crippen LogP contribution in [0.5, 0.6) is 0 Å². The van der Waals surface area contributed by atoms with Crippen LogP contribution in [0.2, 0.25) is 0 Å². The maximum absolute atomic E-state index is 13.1. The average Bonchev–Trinajstić information content (AvgIpc) is 2.83. The molecule has 1 atom stereocenters. The summed E-state index contributed by atoms with van der Waals surface area (Å²) in [6.07, 6.45) is 1.18. The van der Waals surface area contributed by atoms with Gasteiger partial charge in [0, 0.05) is 45.2 Å². The monoisotopic (exact) mass is 322 g/mol. The fourth-order valence-electron chi connectivity index (χ4n) is 3.75. The van der Waals surface area contributed by atoms with Crippen LogP contribution in [0, 0.1) is 11.2 Å². The van der Waals surface area contributed by atoms with Crippen molar-refractivity contribution in [3.63, 3.8) is 0 Å². The van der Waals surface area contributed by atoms with E-state index in [9.17, 15) is 4.39 Å². The summed E-state index contributed by atoms with van der Waals surface area (Å²) in [5.41, 5.74) is 1.39. The molecule has 128 valence electrons. The summed E-state index contributed by atoms with van der Waals surface area (Å²) in [5, 5.41) is 0. The van der Waals surface area contributed by atoms with Crippen LogP contribution in [0.1, 0.15) is 12.0 Å². The lowest BCUT2D eigenvalue weighted by molar-refractivity contribution is 0.0682. The Labute approximate surface area is 138 Å². The van der Waals surface area contributed by atoms with Crippen LogP contribution in [-0.4, -0.2) is 69.5 Å². The molecule has 1 unspecified atom stereocenters. The zero-order valence-corrected chi connectivity index (χ0v) is 14.0. The lowest BCUT2D eigenvalue weighted by Gasteiger charge is -2.32. The Morgan fingerprint density at radius 3 is 2.74 bits per heavy atom.